The van der Waals surface area contributed by atoms with Crippen LogP contribution < -0.4 is 5.73 Å². The van der Waals surface area contributed by atoms with Gasteiger partial charge in [-0.25, -0.2) is 0 Å². The second-order valence-electron chi connectivity index (χ2n) is 3.56. The van der Waals surface area contributed by atoms with Gasteiger partial charge in [-0.3, -0.25) is 0 Å². The first kappa shape index (κ1) is 9.01. The van der Waals surface area contributed by atoms with E-state index in [1.54, 1.807) is 0 Å². The highest BCUT2D eigenvalue weighted by Crippen LogP contribution is 2.08. The molecule has 2 heteroatoms. The number of nitrogens with zero attached hydrogens (tertiary/aromatic N) is 1. The Morgan fingerprint density at radius 3 is 3.00 bits per heavy atom. The summed E-state index contributed by atoms with van der Waals surface area (Å²) in [4.78, 5) is 2.50. The topological polar surface area (TPSA) is 29.3 Å². The van der Waals surface area contributed by atoms with Gasteiger partial charge in [0.05, 0.1) is 0 Å². The Bertz CT molecular complexity index is 104. The molecule has 2 N–H and O–H groups in total. The molecule has 2 nitrogen and oxygen atoms in total. The fourth-order valence-electron chi connectivity index (χ4n) is 1.68. The maximum absolute atomic E-state index is 5.86. The molecule has 66 valence electrons. The molecule has 0 saturated carbocycles. The van der Waals surface area contributed by atoms with Crippen LogP contribution in [-0.2, 0) is 0 Å². The van der Waals surface area contributed by atoms with Gasteiger partial charge in [0.15, 0.2) is 0 Å². The van der Waals surface area contributed by atoms with Gasteiger partial charge >= 0.3 is 0 Å². The summed E-state index contributed by atoms with van der Waals surface area (Å²) in [5.41, 5.74) is 5.86. The second kappa shape index (κ2) is 4.73. The Morgan fingerprint density at radius 1 is 1.55 bits per heavy atom. The van der Waals surface area contributed by atoms with Gasteiger partial charge in [0, 0.05) is 12.6 Å². The Hall–Kier alpha value is -0.0800. The molecular weight excluding hydrogens is 136 g/mol. The molecule has 0 aromatic heterocycles. The van der Waals surface area contributed by atoms with Crippen molar-refractivity contribution in [1.82, 2.24) is 4.90 Å². The average molecular weight is 156 g/mol. The van der Waals surface area contributed by atoms with Crippen molar-refractivity contribution >= 4 is 0 Å². The smallest absolute Gasteiger partial charge is 0.0168 e. The molecular formula is C9H20N2. The lowest BCUT2D eigenvalue weighted by Gasteiger charge is -2.30. The average Bonchev–Trinajstić information content (AvgIpc) is 2.01. The Balaban J connectivity index is 2.12. The summed E-state index contributed by atoms with van der Waals surface area (Å²) in [6.45, 7) is 5.89. The fraction of sp³-hybridized carbons (Fsp3) is 1.00. The van der Waals surface area contributed by atoms with E-state index in [2.05, 4.69) is 11.8 Å². The van der Waals surface area contributed by atoms with Crippen LogP contribution in [0.1, 0.15) is 32.6 Å². The largest absolute Gasteiger partial charge is 0.327 e. The number of hydrogen-bond donors (Lipinski definition) is 1. The fourth-order valence-corrected chi connectivity index (χ4v) is 1.68. The van der Waals surface area contributed by atoms with Gasteiger partial charge in [-0.1, -0.05) is 13.3 Å². The van der Waals surface area contributed by atoms with Gasteiger partial charge in [-0.15, -0.1) is 0 Å². The van der Waals surface area contributed by atoms with E-state index in [0.29, 0.717) is 6.04 Å². The number of hydrogen-bond acceptors (Lipinski definition) is 2. The first-order valence-electron chi connectivity index (χ1n) is 4.81. The monoisotopic (exact) mass is 156 g/mol. The molecule has 1 fully saturated rings. The molecule has 1 saturated heterocycles. The van der Waals surface area contributed by atoms with Crippen molar-refractivity contribution in [1.29, 1.82) is 0 Å². The van der Waals surface area contributed by atoms with Crippen LogP contribution in [0.2, 0.25) is 0 Å². The molecule has 1 atom stereocenters. The summed E-state index contributed by atoms with van der Waals surface area (Å²) >= 11 is 0. The van der Waals surface area contributed by atoms with Crippen molar-refractivity contribution in [3.8, 4) is 0 Å². The van der Waals surface area contributed by atoms with Gasteiger partial charge in [-0.05, 0) is 32.4 Å². The second-order valence-corrected chi connectivity index (χ2v) is 3.56. The third kappa shape index (κ3) is 3.21. The van der Waals surface area contributed by atoms with E-state index in [4.69, 9.17) is 5.73 Å². The van der Waals surface area contributed by atoms with Crippen LogP contribution in [-0.4, -0.2) is 30.6 Å². The lowest BCUT2D eigenvalue weighted by Crippen LogP contribution is -2.43. The SMILES string of the molecule is CCCCN1CCC[C@@H](N)C1. The summed E-state index contributed by atoms with van der Waals surface area (Å²) in [6, 6.07) is 0.445. The van der Waals surface area contributed by atoms with Crippen LogP contribution in [0.15, 0.2) is 0 Å². The Labute approximate surface area is 69.8 Å². The molecule has 1 heterocycles. The number of unbranched alkanes of at least 4 members (excludes halogenated alkanes) is 1. The summed E-state index contributed by atoms with van der Waals surface area (Å²) < 4.78 is 0. The van der Waals surface area contributed by atoms with E-state index in [-0.39, 0.29) is 0 Å². The molecule has 0 spiro atoms. The van der Waals surface area contributed by atoms with E-state index in [9.17, 15) is 0 Å². The van der Waals surface area contributed by atoms with Gasteiger partial charge in [0.1, 0.15) is 0 Å². The lowest BCUT2D eigenvalue weighted by atomic mass is 10.1. The molecule has 0 amide bonds. The van der Waals surface area contributed by atoms with Crippen molar-refractivity contribution in [2.24, 2.45) is 5.73 Å². The molecule has 1 aliphatic rings. The van der Waals surface area contributed by atoms with Gasteiger partial charge in [-0.2, -0.15) is 0 Å². The van der Waals surface area contributed by atoms with Gasteiger partial charge in [0.2, 0.25) is 0 Å². The predicted octanol–water partition coefficient (Wildman–Crippen LogP) is 1.21. The minimum absolute atomic E-state index is 0.445. The molecule has 0 unspecified atom stereocenters. The highest BCUT2D eigenvalue weighted by atomic mass is 15.1. The molecule has 0 aliphatic carbocycles. The van der Waals surface area contributed by atoms with Crippen LogP contribution in [0, 0.1) is 0 Å². The van der Waals surface area contributed by atoms with Gasteiger partial charge < -0.3 is 10.6 Å². The zero-order valence-corrected chi connectivity index (χ0v) is 7.55. The third-order valence-electron chi connectivity index (χ3n) is 2.37. The molecule has 0 aromatic carbocycles. The number of nitrogens with two attached hydrogens (primary N) is 1. The number of likely N-dealkylation sites (tertiary alicyclic amines) is 1. The first-order chi connectivity index (χ1) is 5.33. The summed E-state index contributed by atoms with van der Waals surface area (Å²) in [5.74, 6) is 0. The Morgan fingerprint density at radius 2 is 2.36 bits per heavy atom. The summed E-state index contributed by atoms with van der Waals surface area (Å²) in [5, 5.41) is 0. The normalized spacial score (nSPS) is 27.3. The zero-order chi connectivity index (χ0) is 8.10. The number of piperidine rings is 1. The van der Waals surface area contributed by atoms with Crippen molar-refractivity contribution in [2.45, 2.75) is 38.6 Å². The van der Waals surface area contributed by atoms with E-state index in [0.717, 1.165) is 6.54 Å². The van der Waals surface area contributed by atoms with Crippen molar-refractivity contribution in [2.75, 3.05) is 19.6 Å². The Kier molecular flexibility index (Phi) is 3.87. The van der Waals surface area contributed by atoms with Crippen LogP contribution in [0.4, 0.5) is 0 Å². The van der Waals surface area contributed by atoms with Gasteiger partial charge in [0.25, 0.3) is 0 Å². The maximum Gasteiger partial charge on any atom is 0.0168 e. The van der Waals surface area contributed by atoms with Crippen LogP contribution in [0.5, 0.6) is 0 Å². The molecule has 0 aromatic rings. The van der Waals surface area contributed by atoms with E-state index < -0.39 is 0 Å². The van der Waals surface area contributed by atoms with E-state index >= 15 is 0 Å². The molecule has 1 rings (SSSR count). The highest BCUT2D eigenvalue weighted by Gasteiger charge is 2.14. The van der Waals surface area contributed by atoms with Crippen LogP contribution in [0.25, 0.3) is 0 Å². The predicted molar refractivity (Wildman–Crippen MR) is 48.6 cm³/mol. The van der Waals surface area contributed by atoms with E-state index in [1.807, 2.05) is 0 Å². The van der Waals surface area contributed by atoms with Crippen LogP contribution >= 0.6 is 0 Å². The highest BCUT2D eigenvalue weighted by molar-refractivity contribution is 4.74. The summed E-state index contributed by atoms with van der Waals surface area (Å²) in [6.07, 6.45) is 5.14. The minimum Gasteiger partial charge on any atom is -0.327 e. The van der Waals surface area contributed by atoms with E-state index in [1.165, 1.54) is 38.8 Å². The first-order valence-corrected chi connectivity index (χ1v) is 4.81. The molecule has 0 radical (unpaired) electrons. The van der Waals surface area contributed by atoms with Crippen molar-refractivity contribution in [3.05, 3.63) is 0 Å². The van der Waals surface area contributed by atoms with Crippen molar-refractivity contribution < 1.29 is 0 Å². The third-order valence-corrected chi connectivity index (χ3v) is 2.37. The molecule has 0 bridgehead atoms. The zero-order valence-electron chi connectivity index (χ0n) is 7.55. The van der Waals surface area contributed by atoms with Crippen LogP contribution in [0.3, 0.4) is 0 Å². The summed E-state index contributed by atoms with van der Waals surface area (Å²) in [7, 11) is 0. The van der Waals surface area contributed by atoms with Crippen molar-refractivity contribution in [3.63, 3.8) is 0 Å². The number of rotatable bonds is 3. The lowest BCUT2D eigenvalue weighted by molar-refractivity contribution is 0.206. The minimum atomic E-state index is 0.445. The molecule has 11 heavy (non-hydrogen) atoms. The molecule has 1 aliphatic heterocycles. The maximum atomic E-state index is 5.86. The standard InChI is InChI=1S/C9H20N2/c1-2-3-6-11-7-4-5-9(10)8-11/h9H,2-8,10H2,1H3/t9-/m1/s1. The quantitative estimate of drug-likeness (QED) is 0.665.